The van der Waals surface area contributed by atoms with Crippen molar-refractivity contribution in [3.05, 3.63) is 68.7 Å². The summed E-state index contributed by atoms with van der Waals surface area (Å²) in [4.78, 5) is 0. The van der Waals surface area contributed by atoms with Gasteiger partial charge in [-0.25, -0.2) is 8.78 Å². The van der Waals surface area contributed by atoms with Crippen molar-refractivity contribution in [1.82, 2.24) is 0 Å². The van der Waals surface area contributed by atoms with E-state index in [9.17, 15) is 8.78 Å². The number of hydrogen-bond acceptors (Lipinski definition) is 0. The Hall–Kier alpha value is -0.930. The van der Waals surface area contributed by atoms with E-state index in [1.807, 2.05) is 26.0 Å². The number of hydrogen-bond donors (Lipinski definition) is 0. The molecule has 0 saturated heterocycles. The molecular weight excluding hydrogens is 346 g/mol. The van der Waals surface area contributed by atoms with Crippen LogP contribution in [0.15, 0.2) is 34.8 Å². The van der Waals surface area contributed by atoms with E-state index >= 15 is 0 Å². The first-order valence-corrected chi connectivity index (χ1v) is 7.46. The smallest absolute Gasteiger partial charge is 0.159 e. The van der Waals surface area contributed by atoms with E-state index in [-0.39, 0.29) is 5.38 Å². The van der Waals surface area contributed by atoms with Crippen molar-refractivity contribution in [2.24, 2.45) is 0 Å². The fourth-order valence-electron chi connectivity index (χ4n) is 2.12. The first-order chi connectivity index (χ1) is 9.38. The fraction of sp³-hybridized carbons (Fsp3) is 0.250. The van der Waals surface area contributed by atoms with Gasteiger partial charge in [0.15, 0.2) is 11.6 Å². The highest BCUT2D eigenvalue weighted by atomic mass is 79.9. The van der Waals surface area contributed by atoms with Crippen molar-refractivity contribution in [2.45, 2.75) is 25.6 Å². The summed E-state index contributed by atoms with van der Waals surface area (Å²) >= 11 is 9.91. The van der Waals surface area contributed by atoms with E-state index in [1.165, 1.54) is 6.07 Å². The lowest BCUT2D eigenvalue weighted by Crippen LogP contribution is -2.00. The molecule has 1 unspecified atom stereocenters. The van der Waals surface area contributed by atoms with Gasteiger partial charge in [-0.3, -0.25) is 0 Å². The van der Waals surface area contributed by atoms with Gasteiger partial charge >= 0.3 is 0 Å². The van der Waals surface area contributed by atoms with Crippen LogP contribution in [0.25, 0.3) is 0 Å². The predicted octanol–water partition coefficient (Wildman–Crippen LogP) is 5.87. The number of aryl methyl sites for hydroxylation is 2. The molecule has 0 aromatic heterocycles. The maximum absolute atomic E-state index is 13.2. The maximum atomic E-state index is 13.2. The third kappa shape index (κ3) is 3.39. The van der Waals surface area contributed by atoms with Gasteiger partial charge < -0.3 is 0 Å². The van der Waals surface area contributed by atoms with Crippen LogP contribution in [0.2, 0.25) is 0 Å². The molecule has 0 aliphatic carbocycles. The lowest BCUT2D eigenvalue weighted by atomic mass is 9.98. The van der Waals surface area contributed by atoms with Gasteiger partial charge in [0.05, 0.1) is 5.38 Å². The normalized spacial score (nSPS) is 12.5. The third-order valence-electron chi connectivity index (χ3n) is 3.28. The monoisotopic (exact) mass is 358 g/mol. The Balaban J connectivity index is 2.25. The summed E-state index contributed by atoms with van der Waals surface area (Å²) in [5.41, 5.74) is 3.87. The summed E-state index contributed by atoms with van der Waals surface area (Å²) in [6, 6.07) is 7.94. The molecule has 1 atom stereocenters. The maximum Gasteiger partial charge on any atom is 0.159 e. The van der Waals surface area contributed by atoms with Crippen LogP contribution in [-0.4, -0.2) is 0 Å². The quantitative estimate of drug-likeness (QED) is 0.601. The van der Waals surface area contributed by atoms with Gasteiger partial charge in [-0.05, 0) is 60.7 Å². The molecule has 0 radical (unpaired) electrons. The van der Waals surface area contributed by atoms with Gasteiger partial charge in [0.25, 0.3) is 0 Å². The molecule has 0 heterocycles. The summed E-state index contributed by atoms with van der Waals surface area (Å²) in [5.74, 6) is -1.68. The Labute approximate surface area is 130 Å². The second-order valence-electron chi connectivity index (χ2n) is 4.88. The molecule has 2 rings (SSSR count). The summed E-state index contributed by atoms with van der Waals surface area (Å²) in [7, 11) is 0. The lowest BCUT2D eigenvalue weighted by Gasteiger charge is -2.15. The Morgan fingerprint density at radius 1 is 1.05 bits per heavy atom. The zero-order valence-corrected chi connectivity index (χ0v) is 13.5. The van der Waals surface area contributed by atoms with Gasteiger partial charge in [-0.1, -0.05) is 28.1 Å². The topological polar surface area (TPSA) is 0 Å². The van der Waals surface area contributed by atoms with E-state index < -0.39 is 11.6 Å². The molecule has 0 fully saturated rings. The molecule has 0 saturated carbocycles. The molecule has 20 heavy (non-hydrogen) atoms. The second-order valence-corrected chi connectivity index (χ2v) is 6.26. The SMILES string of the molecule is Cc1cc(C(Cl)Cc2ccc(F)c(F)c2)c(C)cc1Br. The van der Waals surface area contributed by atoms with Crippen LogP contribution >= 0.6 is 27.5 Å². The van der Waals surface area contributed by atoms with Crippen molar-refractivity contribution >= 4 is 27.5 Å². The summed E-state index contributed by atoms with van der Waals surface area (Å²) < 4.78 is 27.1. The zero-order chi connectivity index (χ0) is 14.9. The lowest BCUT2D eigenvalue weighted by molar-refractivity contribution is 0.507. The van der Waals surface area contributed by atoms with Crippen molar-refractivity contribution in [3.8, 4) is 0 Å². The van der Waals surface area contributed by atoms with Gasteiger partial charge in [-0.15, -0.1) is 11.6 Å². The van der Waals surface area contributed by atoms with Crippen LogP contribution in [0.1, 0.15) is 27.6 Å². The minimum Gasteiger partial charge on any atom is -0.204 e. The highest BCUT2D eigenvalue weighted by molar-refractivity contribution is 9.10. The summed E-state index contributed by atoms with van der Waals surface area (Å²) in [6.07, 6.45) is 0.459. The van der Waals surface area contributed by atoms with Crippen LogP contribution in [0, 0.1) is 25.5 Å². The highest BCUT2D eigenvalue weighted by Crippen LogP contribution is 2.31. The Morgan fingerprint density at radius 2 is 1.75 bits per heavy atom. The van der Waals surface area contributed by atoms with Crippen LogP contribution in [0.4, 0.5) is 8.78 Å². The number of alkyl halides is 1. The first-order valence-electron chi connectivity index (χ1n) is 6.23. The van der Waals surface area contributed by atoms with Gasteiger partial charge in [0.1, 0.15) is 0 Å². The number of halogens is 4. The second kappa shape index (κ2) is 6.23. The van der Waals surface area contributed by atoms with E-state index in [0.29, 0.717) is 12.0 Å². The molecule has 106 valence electrons. The van der Waals surface area contributed by atoms with Crippen LogP contribution in [0.3, 0.4) is 0 Å². The molecule has 0 bridgehead atoms. The molecule has 0 amide bonds. The number of rotatable bonds is 3. The fourth-order valence-corrected chi connectivity index (χ4v) is 3.00. The standard InChI is InChI=1S/C16H14BrClF2/c1-9-6-13(17)10(2)5-12(9)14(18)7-11-3-4-15(19)16(20)8-11/h3-6,8,14H,7H2,1-2H3. The molecular formula is C16H14BrClF2. The predicted molar refractivity (Wildman–Crippen MR) is 82.3 cm³/mol. The van der Waals surface area contributed by atoms with Crippen LogP contribution < -0.4 is 0 Å². The van der Waals surface area contributed by atoms with E-state index in [4.69, 9.17) is 11.6 Å². The van der Waals surface area contributed by atoms with Crippen molar-refractivity contribution in [2.75, 3.05) is 0 Å². The Kier molecular flexibility index (Phi) is 4.82. The number of benzene rings is 2. The molecule has 0 aliphatic heterocycles. The molecule has 4 heteroatoms. The largest absolute Gasteiger partial charge is 0.204 e. The minimum atomic E-state index is -0.838. The van der Waals surface area contributed by atoms with Crippen molar-refractivity contribution in [1.29, 1.82) is 0 Å². The van der Waals surface area contributed by atoms with Crippen molar-refractivity contribution in [3.63, 3.8) is 0 Å². The van der Waals surface area contributed by atoms with Crippen LogP contribution in [0.5, 0.6) is 0 Å². The van der Waals surface area contributed by atoms with E-state index in [2.05, 4.69) is 15.9 Å². The van der Waals surface area contributed by atoms with Crippen molar-refractivity contribution < 1.29 is 8.78 Å². The minimum absolute atomic E-state index is 0.272. The zero-order valence-electron chi connectivity index (χ0n) is 11.2. The average Bonchev–Trinajstić information content (AvgIpc) is 2.38. The highest BCUT2D eigenvalue weighted by Gasteiger charge is 2.14. The van der Waals surface area contributed by atoms with Gasteiger partial charge in [-0.2, -0.15) is 0 Å². The van der Waals surface area contributed by atoms with E-state index in [0.717, 1.165) is 27.2 Å². The Bertz CT molecular complexity index is 641. The average molecular weight is 360 g/mol. The molecule has 0 N–H and O–H groups in total. The summed E-state index contributed by atoms with van der Waals surface area (Å²) in [5, 5.41) is -0.272. The molecule has 0 spiro atoms. The molecule has 0 nitrogen and oxygen atoms in total. The molecule has 2 aromatic carbocycles. The van der Waals surface area contributed by atoms with Gasteiger partial charge in [0.2, 0.25) is 0 Å². The molecule has 0 aliphatic rings. The van der Waals surface area contributed by atoms with Crippen LogP contribution in [-0.2, 0) is 6.42 Å². The third-order valence-corrected chi connectivity index (χ3v) is 4.53. The van der Waals surface area contributed by atoms with Gasteiger partial charge in [0, 0.05) is 4.47 Å². The summed E-state index contributed by atoms with van der Waals surface area (Å²) in [6.45, 7) is 3.98. The molecule has 2 aromatic rings. The van der Waals surface area contributed by atoms with E-state index in [1.54, 1.807) is 6.07 Å². The first kappa shape index (κ1) is 15.5. The Morgan fingerprint density at radius 3 is 2.40 bits per heavy atom.